The minimum absolute atomic E-state index is 0.803. The molecule has 1 atom stereocenters. The van der Waals surface area contributed by atoms with Gasteiger partial charge < -0.3 is 14.8 Å². The minimum atomic E-state index is -4.44. The van der Waals surface area contributed by atoms with E-state index in [-0.39, 0.29) is 0 Å². The predicted molar refractivity (Wildman–Crippen MR) is 61.6 cm³/mol. The summed E-state index contributed by atoms with van der Waals surface area (Å²) in [5, 5.41) is 2.01. The number of ether oxygens (including phenoxy) is 2. The predicted octanol–water partition coefficient (Wildman–Crippen LogP) is -0.0595. The maximum absolute atomic E-state index is 11.4. The minimum Gasteiger partial charge on any atom is -0.467 e. The molecule has 0 unspecified atom stereocenters. The molecule has 0 aromatic heterocycles. The molecule has 9 heteroatoms. The Kier molecular flexibility index (Phi) is 5.55. The third-order valence-electron chi connectivity index (χ3n) is 1.55. The zero-order valence-corrected chi connectivity index (χ0v) is 11.4. The summed E-state index contributed by atoms with van der Waals surface area (Å²) < 4.78 is 39.2. The molecular weight excluding hydrogens is 266 g/mol. The first-order chi connectivity index (χ1) is 7.94. The Labute approximate surface area is 105 Å². The first-order valence-electron chi connectivity index (χ1n) is 4.97. The fraction of sp³-hybridized carbons (Fsp3) is 0.778. The van der Waals surface area contributed by atoms with Crippen LogP contribution in [0.25, 0.3) is 0 Å². The number of esters is 1. The molecule has 0 aliphatic carbocycles. The molecular formula is C9H17NO7S. The molecule has 0 saturated heterocycles. The summed E-state index contributed by atoms with van der Waals surface area (Å²) in [6, 6.07) is -1.53. The molecule has 8 nitrogen and oxygen atoms in total. The van der Waals surface area contributed by atoms with Crippen LogP contribution >= 0.6 is 0 Å². The van der Waals surface area contributed by atoms with Gasteiger partial charge in [0, 0.05) is 0 Å². The van der Waals surface area contributed by atoms with Crippen molar-refractivity contribution >= 4 is 22.2 Å². The van der Waals surface area contributed by atoms with Crippen LogP contribution in [0, 0.1) is 0 Å². The lowest BCUT2D eigenvalue weighted by molar-refractivity contribution is -0.142. The van der Waals surface area contributed by atoms with Gasteiger partial charge in [-0.2, -0.15) is 8.42 Å². The van der Waals surface area contributed by atoms with Gasteiger partial charge in [-0.25, -0.2) is 9.59 Å². The van der Waals surface area contributed by atoms with Gasteiger partial charge in [0.05, 0.1) is 7.11 Å². The molecule has 0 aromatic carbocycles. The average molecular weight is 283 g/mol. The second-order valence-corrected chi connectivity index (χ2v) is 5.97. The Morgan fingerprint density at radius 3 is 2.17 bits per heavy atom. The summed E-state index contributed by atoms with van der Waals surface area (Å²) in [7, 11) is -3.41. The van der Waals surface area contributed by atoms with Gasteiger partial charge in [-0.05, 0) is 20.8 Å². The van der Waals surface area contributed by atoms with Gasteiger partial charge in [-0.3, -0.25) is 4.55 Å². The van der Waals surface area contributed by atoms with Crippen molar-refractivity contribution in [3.8, 4) is 0 Å². The van der Waals surface area contributed by atoms with Gasteiger partial charge in [-0.1, -0.05) is 0 Å². The molecule has 0 aliphatic rings. The first kappa shape index (κ1) is 16.6. The summed E-state index contributed by atoms with van der Waals surface area (Å²) in [4.78, 5) is 22.6. The molecule has 106 valence electrons. The van der Waals surface area contributed by atoms with E-state index >= 15 is 0 Å². The van der Waals surface area contributed by atoms with Crippen LogP contribution in [0.1, 0.15) is 20.8 Å². The second kappa shape index (κ2) is 6.01. The number of carbonyl (C=O) groups excluding carboxylic acids is 2. The largest absolute Gasteiger partial charge is 0.467 e. The highest BCUT2D eigenvalue weighted by Gasteiger charge is 2.28. The van der Waals surface area contributed by atoms with Gasteiger partial charge in [0.25, 0.3) is 10.1 Å². The monoisotopic (exact) mass is 283 g/mol. The number of rotatable bonds is 4. The molecule has 0 spiro atoms. The zero-order chi connectivity index (χ0) is 14.6. The first-order valence-corrected chi connectivity index (χ1v) is 6.58. The molecule has 0 fully saturated rings. The van der Waals surface area contributed by atoms with Crippen molar-refractivity contribution in [3.63, 3.8) is 0 Å². The molecule has 0 bridgehead atoms. The molecule has 2 N–H and O–H groups in total. The van der Waals surface area contributed by atoms with Crippen molar-refractivity contribution in [3.05, 3.63) is 0 Å². The average Bonchev–Trinajstić information content (AvgIpc) is 2.10. The van der Waals surface area contributed by atoms with Crippen LogP contribution in [0.2, 0.25) is 0 Å². The number of alkyl carbamates (subject to hydrolysis) is 1. The van der Waals surface area contributed by atoms with E-state index in [9.17, 15) is 18.0 Å². The highest BCUT2D eigenvalue weighted by Crippen LogP contribution is 2.07. The Morgan fingerprint density at radius 1 is 1.33 bits per heavy atom. The fourth-order valence-corrected chi connectivity index (χ4v) is 1.61. The van der Waals surface area contributed by atoms with E-state index < -0.39 is 39.6 Å². The molecule has 0 rings (SSSR count). The number of hydrogen-bond acceptors (Lipinski definition) is 6. The summed E-state index contributed by atoms with van der Waals surface area (Å²) in [5.74, 6) is -1.99. The quantitative estimate of drug-likeness (QED) is 0.548. The van der Waals surface area contributed by atoms with E-state index in [1.165, 1.54) is 0 Å². The van der Waals surface area contributed by atoms with Gasteiger partial charge in [-0.15, -0.1) is 0 Å². The molecule has 18 heavy (non-hydrogen) atoms. The van der Waals surface area contributed by atoms with Crippen LogP contribution in [0.15, 0.2) is 0 Å². The summed E-state index contributed by atoms with van der Waals surface area (Å²) in [6.07, 6.45) is -0.985. The Bertz CT molecular complexity index is 409. The molecule has 0 saturated carbocycles. The number of nitrogens with one attached hydrogen (secondary N) is 1. The fourth-order valence-electron chi connectivity index (χ4n) is 0.971. The van der Waals surface area contributed by atoms with Crippen molar-refractivity contribution in [2.45, 2.75) is 32.4 Å². The van der Waals surface area contributed by atoms with E-state index in [0.29, 0.717) is 0 Å². The van der Waals surface area contributed by atoms with Crippen LogP contribution in [-0.2, 0) is 24.4 Å². The standard InChI is InChI=1S/C9H17NO7S/c1-9(2,3)17-8(12)10-6(7(11)16-4)5-18(13,14)15/h6H,5H2,1-4H3,(H,10,12)(H,13,14,15)/t6-/m0/s1. The van der Waals surface area contributed by atoms with Crippen molar-refractivity contribution in [1.82, 2.24) is 5.32 Å². The van der Waals surface area contributed by atoms with E-state index in [1.54, 1.807) is 20.8 Å². The normalized spacial score (nSPS) is 13.6. The zero-order valence-electron chi connectivity index (χ0n) is 10.6. The number of hydrogen-bond donors (Lipinski definition) is 2. The van der Waals surface area contributed by atoms with Crippen molar-refractivity contribution in [1.29, 1.82) is 0 Å². The third kappa shape index (κ3) is 7.85. The lowest BCUT2D eigenvalue weighted by atomic mass is 10.2. The molecule has 0 aliphatic heterocycles. The van der Waals surface area contributed by atoms with Gasteiger partial charge >= 0.3 is 12.1 Å². The van der Waals surface area contributed by atoms with E-state index in [2.05, 4.69) is 4.74 Å². The smallest absolute Gasteiger partial charge is 0.408 e. The molecule has 1 amide bonds. The molecule has 0 radical (unpaired) electrons. The molecule has 0 aromatic rings. The third-order valence-corrected chi connectivity index (χ3v) is 2.31. The van der Waals surface area contributed by atoms with Crippen molar-refractivity contribution in [2.75, 3.05) is 12.9 Å². The van der Waals surface area contributed by atoms with Crippen LogP contribution in [0.4, 0.5) is 4.79 Å². The van der Waals surface area contributed by atoms with Crippen LogP contribution in [0.5, 0.6) is 0 Å². The van der Waals surface area contributed by atoms with Gasteiger partial charge in [0.2, 0.25) is 0 Å². The topological polar surface area (TPSA) is 119 Å². The Balaban J connectivity index is 4.71. The summed E-state index contributed by atoms with van der Waals surface area (Å²) in [5.41, 5.74) is -0.803. The highest BCUT2D eigenvalue weighted by molar-refractivity contribution is 7.85. The van der Waals surface area contributed by atoms with Crippen LogP contribution < -0.4 is 5.32 Å². The Morgan fingerprint density at radius 2 is 1.83 bits per heavy atom. The number of methoxy groups -OCH3 is 1. The maximum Gasteiger partial charge on any atom is 0.408 e. The van der Waals surface area contributed by atoms with E-state index in [1.807, 2.05) is 5.32 Å². The SMILES string of the molecule is COC(=O)[C@H](CS(=O)(=O)O)NC(=O)OC(C)(C)C. The van der Waals surface area contributed by atoms with Gasteiger partial charge in [0.15, 0.2) is 0 Å². The number of carbonyl (C=O) groups is 2. The van der Waals surface area contributed by atoms with Gasteiger partial charge in [0.1, 0.15) is 17.4 Å². The van der Waals surface area contributed by atoms with Crippen molar-refractivity contribution < 1.29 is 32.0 Å². The van der Waals surface area contributed by atoms with E-state index in [0.717, 1.165) is 7.11 Å². The summed E-state index contributed by atoms with van der Waals surface area (Å²) >= 11 is 0. The number of amides is 1. The summed E-state index contributed by atoms with van der Waals surface area (Å²) in [6.45, 7) is 4.80. The lowest BCUT2D eigenvalue weighted by Crippen LogP contribution is -2.47. The second-order valence-electron chi connectivity index (χ2n) is 4.47. The van der Waals surface area contributed by atoms with Crippen molar-refractivity contribution in [2.24, 2.45) is 0 Å². The lowest BCUT2D eigenvalue weighted by Gasteiger charge is -2.22. The molecule has 0 heterocycles. The van der Waals surface area contributed by atoms with Crippen LogP contribution in [0.3, 0.4) is 0 Å². The maximum atomic E-state index is 11.4. The Hall–Kier alpha value is -1.35. The highest BCUT2D eigenvalue weighted by atomic mass is 32.2. The van der Waals surface area contributed by atoms with E-state index in [4.69, 9.17) is 9.29 Å². The van der Waals surface area contributed by atoms with Crippen LogP contribution in [-0.4, -0.2) is 49.5 Å².